The van der Waals surface area contributed by atoms with Crippen LogP contribution in [0.5, 0.6) is 0 Å². The molecule has 0 aliphatic rings. The van der Waals surface area contributed by atoms with Crippen LogP contribution in [0.1, 0.15) is 11.1 Å². The molecule has 106 valence electrons. The normalized spacial score (nSPS) is 11.7. The van der Waals surface area contributed by atoms with Crippen molar-refractivity contribution in [1.82, 2.24) is 0 Å². The lowest BCUT2D eigenvalue weighted by atomic mass is 9.97. The minimum absolute atomic E-state index is 0.000970. The smallest absolute Gasteiger partial charge is 0.392 e. The van der Waals surface area contributed by atoms with Crippen LogP contribution in [-0.2, 0) is 12.8 Å². The molecule has 0 saturated heterocycles. The lowest BCUT2D eigenvalue weighted by molar-refractivity contribution is -0.137. The minimum Gasteiger partial charge on any atom is -0.392 e. The fourth-order valence-corrected chi connectivity index (χ4v) is 2.03. The van der Waals surface area contributed by atoms with Crippen LogP contribution >= 0.6 is 11.6 Å². The molecule has 1 N–H and O–H groups in total. The molecule has 2 aromatic carbocycles. The van der Waals surface area contributed by atoms with Crippen LogP contribution in [0.2, 0.25) is 5.02 Å². The van der Waals surface area contributed by atoms with E-state index >= 15 is 0 Å². The molecule has 0 heterocycles. The lowest BCUT2D eigenvalue weighted by Crippen LogP contribution is -2.06. The number of halogens is 5. The van der Waals surface area contributed by atoms with E-state index in [0.717, 1.165) is 24.3 Å². The second kappa shape index (κ2) is 5.42. The molecule has 2 rings (SSSR count). The van der Waals surface area contributed by atoms with Crippen LogP contribution in [0.25, 0.3) is 11.1 Å². The Balaban J connectivity index is 2.57. The van der Waals surface area contributed by atoms with E-state index in [4.69, 9.17) is 11.6 Å². The van der Waals surface area contributed by atoms with E-state index in [1.807, 2.05) is 0 Å². The maximum atomic E-state index is 13.8. The van der Waals surface area contributed by atoms with E-state index in [0.29, 0.717) is 0 Å². The minimum atomic E-state index is -4.51. The molecule has 1 nitrogen and oxygen atoms in total. The topological polar surface area (TPSA) is 20.2 Å². The third-order valence-electron chi connectivity index (χ3n) is 2.82. The number of hydrogen-bond acceptors (Lipinski definition) is 1. The predicted molar refractivity (Wildman–Crippen MR) is 67.8 cm³/mol. The molecule has 0 saturated carbocycles. The number of rotatable bonds is 2. The lowest BCUT2D eigenvalue weighted by Gasteiger charge is -2.13. The van der Waals surface area contributed by atoms with Gasteiger partial charge in [0.1, 0.15) is 5.82 Å². The SMILES string of the molecule is OCc1cc(C(F)(F)F)ccc1-c1ccc(Cl)cc1F. The molecule has 6 heteroatoms. The largest absolute Gasteiger partial charge is 0.416 e. The summed E-state index contributed by atoms with van der Waals surface area (Å²) in [6.07, 6.45) is -4.51. The van der Waals surface area contributed by atoms with E-state index in [1.54, 1.807) is 0 Å². The molecule has 0 atom stereocenters. The van der Waals surface area contributed by atoms with Crippen LogP contribution in [0.15, 0.2) is 36.4 Å². The van der Waals surface area contributed by atoms with Crippen molar-refractivity contribution in [3.8, 4) is 11.1 Å². The van der Waals surface area contributed by atoms with Crippen molar-refractivity contribution in [3.63, 3.8) is 0 Å². The van der Waals surface area contributed by atoms with Gasteiger partial charge >= 0.3 is 6.18 Å². The van der Waals surface area contributed by atoms with Crippen molar-refractivity contribution in [1.29, 1.82) is 0 Å². The summed E-state index contributed by atoms with van der Waals surface area (Å²) < 4.78 is 51.6. The van der Waals surface area contributed by atoms with Gasteiger partial charge in [-0.3, -0.25) is 0 Å². The van der Waals surface area contributed by atoms with Crippen molar-refractivity contribution < 1.29 is 22.7 Å². The molecular weight excluding hydrogens is 296 g/mol. The zero-order valence-electron chi connectivity index (χ0n) is 10.0. The van der Waals surface area contributed by atoms with Gasteiger partial charge in [-0.1, -0.05) is 17.7 Å². The summed E-state index contributed by atoms with van der Waals surface area (Å²) in [4.78, 5) is 0. The highest BCUT2D eigenvalue weighted by molar-refractivity contribution is 6.30. The summed E-state index contributed by atoms with van der Waals surface area (Å²) in [6, 6.07) is 6.65. The van der Waals surface area contributed by atoms with Crippen molar-refractivity contribution in [2.75, 3.05) is 0 Å². The second-order valence-electron chi connectivity index (χ2n) is 4.15. The Morgan fingerprint density at radius 1 is 1.00 bits per heavy atom. The van der Waals surface area contributed by atoms with E-state index in [1.165, 1.54) is 12.1 Å². The zero-order chi connectivity index (χ0) is 14.9. The fraction of sp³-hybridized carbons (Fsp3) is 0.143. The van der Waals surface area contributed by atoms with Gasteiger partial charge in [-0.05, 0) is 41.5 Å². The number of aliphatic hydroxyl groups is 1. The zero-order valence-corrected chi connectivity index (χ0v) is 10.8. The van der Waals surface area contributed by atoms with E-state index in [9.17, 15) is 22.7 Å². The Morgan fingerprint density at radius 3 is 2.20 bits per heavy atom. The van der Waals surface area contributed by atoms with Crippen LogP contribution < -0.4 is 0 Å². The first-order chi connectivity index (χ1) is 9.32. The van der Waals surface area contributed by atoms with Gasteiger partial charge in [-0.2, -0.15) is 13.2 Å². The Bertz CT molecular complexity index is 638. The number of benzene rings is 2. The van der Waals surface area contributed by atoms with Gasteiger partial charge in [0.25, 0.3) is 0 Å². The third-order valence-corrected chi connectivity index (χ3v) is 3.06. The van der Waals surface area contributed by atoms with Crippen LogP contribution in [0.4, 0.5) is 17.6 Å². The van der Waals surface area contributed by atoms with Crippen molar-refractivity contribution in [2.45, 2.75) is 12.8 Å². The van der Waals surface area contributed by atoms with E-state index in [-0.39, 0.29) is 21.7 Å². The molecule has 0 spiro atoms. The van der Waals surface area contributed by atoms with Gasteiger partial charge in [0, 0.05) is 10.6 Å². The highest BCUT2D eigenvalue weighted by Crippen LogP contribution is 2.34. The van der Waals surface area contributed by atoms with Crippen molar-refractivity contribution in [2.24, 2.45) is 0 Å². The van der Waals surface area contributed by atoms with Gasteiger partial charge in [0.2, 0.25) is 0 Å². The summed E-state index contributed by atoms with van der Waals surface area (Å²) in [5.74, 6) is -0.660. The van der Waals surface area contributed by atoms with E-state index < -0.39 is 24.2 Å². The third kappa shape index (κ3) is 2.94. The second-order valence-corrected chi connectivity index (χ2v) is 4.59. The molecule has 0 radical (unpaired) electrons. The van der Waals surface area contributed by atoms with Gasteiger partial charge in [-0.15, -0.1) is 0 Å². The van der Waals surface area contributed by atoms with Crippen LogP contribution in [-0.4, -0.2) is 5.11 Å². The van der Waals surface area contributed by atoms with Gasteiger partial charge in [0.15, 0.2) is 0 Å². The molecule has 0 bridgehead atoms. The monoisotopic (exact) mass is 304 g/mol. The standard InChI is InChI=1S/C14H9ClF4O/c15-10-2-4-12(13(16)6-10)11-3-1-9(14(17,18)19)5-8(11)7-20/h1-6,20H,7H2. The summed E-state index contributed by atoms with van der Waals surface area (Å²) >= 11 is 5.62. The maximum Gasteiger partial charge on any atom is 0.416 e. The molecule has 0 aliphatic heterocycles. The average molecular weight is 305 g/mol. The Morgan fingerprint density at radius 2 is 1.65 bits per heavy atom. The quantitative estimate of drug-likeness (QED) is 0.800. The molecule has 0 aliphatic carbocycles. The molecule has 0 unspecified atom stereocenters. The summed E-state index contributed by atoms with van der Waals surface area (Å²) in [6.45, 7) is -0.624. The molecule has 2 aromatic rings. The molecular formula is C14H9ClF4O. The Kier molecular flexibility index (Phi) is 4.01. The van der Waals surface area contributed by atoms with Crippen molar-refractivity contribution >= 4 is 11.6 Å². The van der Waals surface area contributed by atoms with Crippen LogP contribution in [0, 0.1) is 5.82 Å². The van der Waals surface area contributed by atoms with Gasteiger partial charge in [-0.25, -0.2) is 4.39 Å². The van der Waals surface area contributed by atoms with Gasteiger partial charge < -0.3 is 5.11 Å². The van der Waals surface area contributed by atoms with E-state index in [2.05, 4.69) is 0 Å². The first-order valence-corrected chi connectivity index (χ1v) is 5.97. The number of aliphatic hydroxyl groups excluding tert-OH is 1. The summed E-state index contributed by atoms with van der Waals surface area (Å²) in [7, 11) is 0. The van der Waals surface area contributed by atoms with Crippen LogP contribution in [0.3, 0.4) is 0 Å². The first-order valence-electron chi connectivity index (χ1n) is 5.59. The number of alkyl halides is 3. The maximum absolute atomic E-state index is 13.8. The predicted octanol–water partition coefficient (Wildman–Crippen LogP) is 4.66. The average Bonchev–Trinajstić information content (AvgIpc) is 2.37. The highest BCUT2D eigenvalue weighted by atomic mass is 35.5. The summed E-state index contributed by atoms with van der Waals surface area (Å²) in [5, 5.41) is 9.38. The number of hydrogen-bond donors (Lipinski definition) is 1. The molecule has 0 fully saturated rings. The Labute approximate surface area is 117 Å². The van der Waals surface area contributed by atoms with Crippen molar-refractivity contribution in [3.05, 3.63) is 58.4 Å². The summed E-state index contributed by atoms with van der Waals surface area (Å²) in [5.41, 5.74) is -0.595. The first kappa shape index (κ1) is 14.8. The fourth-order valence-electron chi connectivity index (χ4n) is 1.87. The molecule has 0 amide bonds. The van der Waals surface area contributed by atoms with Gasteiger partial charge in [0.05, 0.1) is 12.2 Å². The Hall–Kier alpha value is -1.59. The highest BCUT2D eigenvalue weighted by Gasteiger charge is 2.31. The molecule has 0 aromatic heterocycles. The molecule has 20 heavy (non-hydrogen) atoms.